The lowest BCUT2D eigenvalue weighted by molar-refractivity contribution is 0.268. The van der Waals surface area contributed by atoms with Crippen LogP contribution in [0.15, 0.2) is 36.4 Å². The Bertz CT molecular complexity index is 2250. The maximum absolute atomic E-state index is 9.70. The minimum atomic E-state index is -0.103. The molecule has 6 rings (SSSR count). The number of hydrogen-bond donors (Lipinski definition) is 8. The van der Waals surface area contributed by atoms with Gasteiger partial charge in [-0.15, -0.1) is 20.4 Å². The molecule has 0 aliphatic carbocycles. The van der Waals surface area contributed by atoms with Crippen LogP contribution in [0.3, 0.4) is 0 Å². The van der Waals surface area contributed by atoms with Crippen molar-refractivity contribution in [1.29, 1.82) is 0 Å². The molecule has 0 aliphatic heterocycles. The average Bonchev–Trinajstić information content (AvgIpc) is 3.96. The summed E-state index contributed by atoms with van der Waals surface area (Å²) in [4.78, 5) is 17.6. The molecule has 10 N–H and O–H groups in total. The zero-order valence-electron chi connectivity index (χ0n) is 35.7. The lowest BCUT2D eigenvalue weighted by Crippen LogP contribution is -2.25. The van der Waals surface area contributed by atoms with Crippen LogP contribution in [0.25, 0.3) is 0 Å². The number of methoxy groups -OCH3 is 2. The third kappa shape index (κ3) is 13.0. The molecule has 2 atom stereocenters. The first kappa shape index (κ1) is 45.5. The van der Waals surface area contributed by atoms with Crippen LogP contribution in [0.2, 0.25) is 0 Å². The van der Waals surface area contributed by atoms with E-state index in [9.17, 15) is 10.2 Å². The number of nitrogens with one attached hydrogen (secondary N) is 4. The van der Waals surface area contributed by atoms with Gasteiger partial charge in [-0.2, -0.15) is 20.4 Å². The molecule has 6 aromatic rings. The molecule has 0 radical (unpaired) electrons. The van der Waals surface area contributed by atoms with Crippen molar-refractivity contribution in [3.63, 3.8) is 0 Å². The third-order valence-electron chi connectivity index (χ3n) is 10.0. The Morgan fingerprint density at radius 1 is 0.639 bits per heavy atom. The van der Waals surface area contributed by atoms with Crippen LogP contribution in [-0.2, 0) is 25.7 Å². The van der Waals surface area contributed by atoms with Crippen molar-refractivity contribution in [2.75, 3.05) is 49.5 Å². The Kier molecular flexibility index (Phi) is 17.0. The van der Waals surface area contributed by atoms with Crippen LogP contribution in [0, 0.1) is 13.8 Å². The number of rotatable bonds is 21. The Morgan fingerprint density at radius 2 is 1.10 bits per heavy atom. The molecule has 0 bridgehead atoms. The molecule has 4 aromatic heterocycles. The van der Waals surface area contributed by atoms with E-state index in [1.54, 1.807) is 14.2 Å². The van der Waals surface area contributed by atoms with E-state index in [2.05, 4.69) is 97.8 Å². The number of ether oxygens (including phenoxy) is 2. The summed E-state index contributed by atoms with van der Waals surface area (Å²) < 4.78 is 11.2. The summed E-state index contributed by atoms with van der Waals surface area (Å²) in [5.41, 5.74) is 19.3. The highest BCUT2D eigenvalue weighted by Gasteiger charge is 2.20. The number of tetrazole rings is 2. The largest absolute Gasteiger partial charge is 0.496 e. The molecule has 0 saturated carbocycles. The lowest BCUT2D eigenvalue weighted by atomic mass is 9.99. The molecular weight excluding hydrogens is 781 g/mol. The minimum Gasteiger partial charge on any atom is -0.496 e. The highest BCUT2D eigenvalue weighted by Crippen LogP contribution is 2.30. The van der Waals surface area contributed by atoms with Crippen molar-refractivity contribution < 1.29 is 19.7 Å². The standard InChI is InChI=1S/C21H30N8O2.C20H28N8O2/c1-4-5-16(8-9-30)24-20-17(13(2)23-21(22)25-20)12-15-10-14(6-7-18(15)31-3)11-19-26-28-29-27-19;1-4-5-15(11-29)23-19-16(12(2)22-20(21)24-19)10-14-8-13(6-7-17(14)30-3)9-18-25-27-28-26-18/h6-7,10,16,30H,4-5,8-9,11-12H2,1-3H3,(H3,22,23,24,25)(H,26,27,28,29);6-8,15,29H,4-5,9-11H2,1-3H3,(H3,21,22,23,24)(H,25,26,27,28)/t16-;15-/m00/s1. The van der Waals surface area contributed by atoms with E-state index in [-0.39, 0.29) is 37.2 Å². The number of H-pyrrole nitrogens is 2. The van der Waals surface area contributed by atoms with Crippen LogP contribution < -0.4 is 31.6 Å². The molecule has 0 unspecified atom stereocenters. The average molecular weight is 839 g/mol. The highest BCUT2D eigenvalue weighted by molar-refractivity contribution is 5.55. The monoisotopic (exact) mass is 838 g/mol. The summed E-state index contributed by atoms with van der Waals surface area (Å²) in [7, 11) is 3.30. The number of nitrogens with two attached hydrogens (primary N) is 2. The van der Waals surface area contributed by atoms with Crippen LogP contribution in [-0.4, -0.2) is 111 Å². The Morgan fingerprint density at radius 3 is 1.49 bits per heavy atom. The number of anilines is 4. The van der Waals surface area contributed by atoms with E-state index in [1.807, 2.05) is 38.1 Å². The minimum absolute atomic E-state index is 0.0136. The molecule has 0 amide bonds. The van der Waals surface area contributed by atoms with E-state index in [1.165, 1.54) is 0 Å². The summed E-state index contributed by atoms with van der Waals surface area (Å²) in [6, 6.07) is 12.0. The second-order valence-electron chi connectivity index (χ2n) is 14.6. The predicted molar refractivity (Wildman–Crippen MR) is 231 cm³/mol. The van der Waals surface area contributed by atoms with Gasteiger partial charge in [0.2, 0.25) is 11.9 Å². The van der Waals surface area contributed by atoms with Gasteiger partial charge in [-0.05, 0) is 67.5 Å². The van der Waals surface area contributed by atoms with E-state index in [4.69, 9.17) is 20.9 Å². The molecule has 2 aromatic carbocycles. The topological polar surface area (TPSA) is 296 Å². The number of aromatic nitrogens is 12. The Labute approximate surface area is 355 Å². The molecule has 0 fully saturated rings. The number of aliphatic hydroxyl groups is 2. The van der Waals surface area contributed by atoms with E-state index in [0.29, 0.717) is 55.4 Å². The van der Waals surface area contributed by atoms with Crippen LogP contribution in [0.1, 0.15) is 102 Å². The smallest absolute Gasteiger partial charge is 0.222 e. The van der Waals surface area contributed by atoms with Crippen molar-refractivity contribution >= 4 is 23.5 Å². The number of hydrogen-bond acceptors (Lipinski definition) is 18. The number of nitrogen functional groups attached to an aromatic ring is 2. The molecule has 0 saturated heterocycles. The number of aromatic amines is 2. The van der Waals surface area contributed by atoms with Gasteiger partial charge in [0.1, 0.15) is 23.1 Å². The van der Waals surface area contributed by atoms with Crippen molar-refractivity contribution in [3.8, 4) is 11.5 Å². The number of nitrogens with zero attached hydrogens (tertiary/aromatic N) is 10. The van der Waals surface area contributed by atoms with Gasteiger partial charge in [-0.25, -0.2) is 9.97 Å². The quantitative estimate of drug-likeness (QED) is 0.0513. The molecule has 20 nitrogen and oxygen atoms in total. The van der Waals surface area contributed by atoms with Gasteiger partial charge >= 0.3 is 0 Å². The first-order valence-corrected chi connectivity index (χ1v) is 20.3. The lowest BCUT2D eigenvalue weighted by Gasteiger charge is -2.21. The Balaban J connectivity index is 0.000000231. The van der Waals surface area contributed by atoms with Gasteiger partial charge in [-0.3, -0.25) is 0 Å². The predicted octanol–water partition coefficient (Wildman–Crippen LogP) is 3.68. The van der Waals surface area contributed by atoms with Gasteiger partial charge < -0.3 is 41.8 Å². The second-order valence-corrected chi connectivity index (χ2v) is 14.6. The highest BCUT2D eigenvalue weighted by atomic mass is 16.5. The number of benzene rings is 2. The summed E-state index contributed by atoms with van der Waals surface area (Å²) in [5.74, 6) is 4.54. The van der Waals surface area contributed by atoms with Crippen molar-refractivity contribution in [3.05, 3.63) is 92.8 Å². The summed E-state index contributed by atoms with van der Waals surface area (Å²) in [6.45, 7) is 8.15. The summed E-state index contributed by atoms with van der Waals surface area (Å²) in [6.07, 6.45) is 6.55. The van der Waals surface area contributed by atoms with Crippen molar-refractivity contribution in [2.45, 2.75) is 97.6 Å². The fraction of sp³-hybridized carbons (Fsp3) is 0.463. The first-order valence-electron chi connectivity index (χ1n) is 20.3. The molecule has 61 heavy (non-hydrogen) atoms. The molecule has 20 heteroatoms. The molecule has 326 valence electrons. The fourth-order valence-corrected chi connectivity index (χ4v) is 7.06. The summed E-state index contributed by atoms with van der Waals surface area (Å²) in [5, 5.41) is 54.2. The summed E-state index contributed by atoms with van der Waals surface area (Å²) >= 11 is 0. The third-order valence-corrected chi connectivity index (χ3v) is 10.0. The van der Waals surface area contributed by atoms with Gasteiger partial charge in [0, 0.05) is 60.8 Å². The molecule has 0 aliphatic rings. The molecule has 0 spiro atoms. The van der Waals surface area contributed by atoms with Gasteiger partial charge in [0.15, 0.2) is 11.6 Å². The maximum atomic E-state index is 9.70. The fourth-order valence-electron chi connectivity index (χ4n) is 7.06. The Hall–Kier alpha value is -6.54. The number of aliphatic hydroxyl groups excluding tert-OH is 2. The SMILES string of the molecule is CCC[C@@H](CCO)Nc1nc(N)nc(C)c1Cc1cc(Cc2nn[nH]n2)ccc1OC.CCC[C@@H](CO)Nc1nc(N)nc(C)c1Cc1cc(Cc2nn[nH]n2)ccc1OC. The zero-order valence-corrected chi connectivity index (χ0v) is 35.7. The molecular formula is C41H58N16O4. The van der Waals surface area contributed by atoms with Crippen LogP contribution >= 0.6 is 0 Å². The normalized spacial score (nSPS) is 12.0. The second kappa shape index (κ2) is 22.7. The maximum Gasteiger partial charge on any atom is 0.222 e. The number of aryl methyl sites for hydroxylation is 2. The molecule has 4 heterocycles. The van der Waals surface area contributed by atoms with E-state index >= 15 is 0 Å². The van der Waals surface area contributed by atoms with Crippen molar-refractivity contribution in [1.82, 2.24) is 61.2 Å². The van der Waals surface area contributed by atoms with E-state index < -0.39 is 0 Å². The van der Waals surface area contributed by atoms with Gasteiger partial charge in [0.25, 0.3) is 0 Å². The van der Waals surface area contributed by atoms with Gasteiger partial charge in [0.05, 0.1) is 26.9 Å². The van der Waals surface area contributed by atoms with Crippen LogP contribution in [0.4, 0.5) is 23.5 Å². The first-order chi connectivity index (χ1) is 29.6. The van der Waals surface area contributed by atoms with Crippen molar-refractivity contribution in [2.24, 2.45) is 0 Å². The van der Waals surface area contributed by atoms with Crippen LogP contribution in [0.5, 0.6) is 11.5 Å². The van der Waals surface area contributed by atoms with E-state index in [0.717, 1.165) is 82.0 Å². The zero-order chi connectivity index (χ0) is 43.7. The van der Waals surface area contributed by atoms with Gasteiger partial charge in [-0.1, -0.05) is 61.4 Å².